The van der Waals surface area contributed by atoms with E-state index in [2.05, 4.69) is 4.72 Å². The highest BCUT2D eigenvalue weighted by Gasteiger charge is 2.17. The second kappa shape index (κ2) is 6.02. The molecule has 0 unspecified atom stereocenters. The third-order valence-corrected chi connectivity index (χ3v) is 4.21. The minimum atomic E-state index is -4.00. The van der Waals surface area contributed by atoms with Crippen molar-refractivity contribution in [2.75, 3.05) is 11.8 Å². The summed E-state index contributed by atoms with van der Waals surface area (Å²) < 4.78 is 45.0. The lowest BCUT2D eigenvalue weighted by molar-refractivity contribution is 0.100. The van der Waals surface area contributed by atoms with Gasteiger partial charge in [0.1, 0.15) is 0 Å². The number of benzene rings is 2. The van der Waals surface area contributed by atoms with Crippen LogP contribution >= 0.6 is 0 Å². The molecule has 2 aromatic rings. The first kappa shape index (κ1) is 15.8. The smallest absolute Gasteiger partial charge is 0.262 e. The maximum absolute atomic E-state index is 13.6. The monoisotopic (exact) mass is 324 g/mol. The first-order chi connectivity index (χ1) is 10.3. The van der Waals surface area contributed by atoms with E-state index in [1.807, 2.05) is 0 Å². The Balaban J connectivity index is 2.33. The molecule has 2 aromatic carbocycles. The van der Waals surface area contributed by atoms with Gasteiger partial charge in [-0.3, -0.25) is 9.52 Å². The summed E-state index contributed by atoms with van der Waals surface area (Å²) in [7, 11) is -2.72. The fourth-order valence-corrected chi connectivity index (χ4v) is 2.83. The van der Waals surface area contributed by atoms with Crippen molar-refractivity contribution < 1.29 is 22.3 Å². The Hall–Kier alpha value is -2.61. The standard InChI is InChI=1S/C14H13FN2O4S/c1-21-13-6-5-11(8-12(13)15)22(19,20)17-10-4-2-3-9(7-10)14(16)18/h2-8,17H,1H3,(H2,16,18). The summed E-state index contributed by atoms with van der Waals surface area (Å²) in [6, 6.07) is 8.94. The van der Waals surface area contributed by atoms with Crippen LogP contribution < -0.4 is 15.2 Å². The highest BCUT2D eigenvalue weighted by molar-refractivity contribution is 7.92. The number of carbonyl (C=O) groups excluding carboxylic acids is 1. The van der Waals surface area contributed by atoms with Gasteiger partial charge in [0, 0.05) is 11.3 Å². The van der Waals surface area contributed by atoms with Gasteiger partial charge in [0.05, 0.1) is 12.0 Å². The summed E-state index contributed by atoms with van der Waals surface area (Å²) in [4.78, 5) is 10.8. The van der Waals surface area contributed by atoms with Gasteiger partial charge in [-0.25, -0.2) is 12.8 Å². The van der Waals surface area contributed by atoms with Gasteiger partial charge in [-0.2, -0.15) is 0 Å². The topological polar surface area (TPSA) is 98.5 Å². The number of anilines is 1. The zero-order valence-corrected chi connectivity index (χ0v) is 12.4. The summed E-state index contributed by atoms with van der Waals surface area (Å²) in [6.45, 7) is 0. The number of halogens is 1. The van der Waals surface area contributed by atoms with E-state index in [9.17, 15) is 17.6 Å². The molecule has 0 aliphatic carbocycles. The molecule has 0 aliphatic heterocycles. The Kier molecular flexibility index (Phi) is 4.32. The van der Waals surface area contributed by atoms with Gasteiger partial charge in [0.2, 0.25) is 5.91 Å². The first-order valence-electron chi connectivity index (χ1n) is 6.10. The molecule has 0 atom stereocenters. The molecule has 0 saturated carbocycles. The summed E-state index contributed by atoms with van der Waals surface area (Å²) >= 11 is 0. The highest BCUT2D eigenvalue weighted by Crippen LogP contribution is 2.22. The van der Waals surface area contributed by atoms with E-state index in [-0.39, 0.29) is 21.9 Å². The molecular formula is C14H13FN2O4S. The first-order valence-corrected chi connectivity index (χ1v) is 7.58. The molecule has 22 heavy (non-hydrogen) atoms. The Morgan fingerprint density at radius 3 is 2.55 bits per heavy atom. The Labute approximate surface area is 126 Å². The molecule has 0 radical (unpaired) electrons. The summed E-state index contributed by atoms with van der Waals surface area (Å²) in [5, 5.41) is 0. The van der Waals surface area contributed by atoms with Crippen molar-refractivity contribution >= 4 is 21.6 Å². The molecule has 3 N–H and O–H groups in total. The molecule has 0 aliphatic rings. The number of primary amides is 1. The van der Waals surface area contributed by atoms with E-state index in [0.717, 1.165) is 6.07 Å². The molecule has 6 nitrogen and oxygen atoms in total. The van der Waals surface area contributed by atoms with Crippen LogP contribution in [0, 0.1) is 5.82 Å². The van der Waals surface area contributed by atoms with Crippen LogP contribution in [0.2, 0.25) is 0 Å². The van der Waals surface area contributed by atoms with Gasteiger partial charge in [-0.15, -0.1) is 0 Å². The zero-order valence-electron chi connectivity index (χ0n) is 11.5. The molecule has 8 heteroatoms. The van der Waals surface area contributed by atoms with E-state index in [1.165, 1.54) is 43.5 Å². The molecule has 1 amide bonds. The number of sulfonamides is 1. The van der Waals surface area contributed by atoms with Crippen molar-refractivity contribution in [3.05, 3.63) is 53.8 Å². The maximum atomic E-state index is 13.6. The molecule has 0 fully saturated rings. The Morgan fingerprint density at radius 1 is 1.23 bits per heavy atom. The van der Waals surface area contributed by atoms with Crippen molar-refractivity contribution in [3.63, 3.8) is 0 Å². The maximum Gasteiger partial charge on any atom is 0.262 e. The molecule has 116 valence electrons. The number of carbonyl (C=O) groups is 1. The zero-order chi connectivity index (χ0) is 16.3. The van der Waals surface area contributed by atoms with Crippen molar-refractivity contribution in [2.24, 2.45) is 5.73 Å². The van der Waals surface area contributed by atoms with Crippen molar-refractivity contribution in [2.45, 2.75) is 4.90 Å². The van der Waals surface area contributed by atoms with Crippen LogP contribution in [0.15, 0.2) is 47.4 Å². The van der Waals surface area contributed by atoms with Gasteiger partial charge in [0.15, 0.2) is 11.6 Å². The van der Waals surface area contributed by atoms with Crippen molar-refractivity contribution in [1.82, 2.24) is 0 Å². The lowest BCUT2D eigenvalue weighted by Crippen LogP contribution is -2.15. The third kappa shape index (κ3) is 3.34. The van der Waals surface area contributed by atoms with Gasteiger partial charge >= 0.3 is 0 Å². The van der Waals surface area contributed by atoms with E-state index in [4.69, 9.17) is 10.5 Å². The van der Waals surface area contributed by atoms with Crippen LogP contribution in [-0.2, 0) is 10.0 Å². The Morgan fingerprint density at radius 2 is 1.95 bits per heavy atom. The summed E-state index contributed by atoms with van der Waals surface area (Å²) in [5.74, 6) is -1.54. The number of nitrogens with two attached hydrogens (primary N) is 1. The molecule has 0 saturated heterocycles. The molecule has 0 bridgehead atoms. The van der Waals surface area contributed by atoms with Crippen LogP contribution in [0.25, 0.3) is 0 Å². The van der Waals surface area contributed by atoms with Gasteiger partial charge < -0.3 is 10.5 Å². The SMILES string of the molecule is COc1ccc(S(=O)(=O)Nc2cccc(C(N)=O)c2)cc1F. The van der Waals surface area contributed by atoms with Crippen LogP contribution in [-0.4, -0.2) is 21.4 Å². The van der Waals surface area contributed by atoms with E-state index < -0.39 is 21.7 Å². The molecule has 0 aromatic heterocycles. The van der Waals surface area contributed by atoms with Crippen LogP contribution in [0.3, 0.4) is 0 Å². The number of nitrogens with one attached hydrogen (secondary N) is 1. The second-order valence-electron chi connectivity index (χ2n) is 4.35. The predicted molar refractivity (Wildman–Crippen MR) is 78.7 cm³/mol. The Bertz CT molecular complexity index is 821. The number of methoxy groups -OCH3 is 1. The van der Waals surface area contributed by atoms with E-state index in [0.29, 0.717) is 0 Å². The number of ether oxygens (including phenoxy) is 1. The number of hydrogen-bond acceptors (Lipinski definition) is 4. The highest BCUT2D eigenvalue weighted by atomic mass is 32.2. The largest absolute Gasteiger partial charge is 0.494 e. The normalized spacial score (nSPS) is 11.0. The average molecular weight is 324 g/mol. The number of amides is 1. The predicted octanol–water partition coefficient (Wildman–Crippen LogP) is 1.73. The van der Waals surface area contributed by atoms with Crippen molar-refractivity contribution in [3.8, 4) is 5.75 Å². The average Bonchev–Trinajstić information content (AvgIpc) is 2.47. The fourth-order valence-electron chi connectivity index (χ4n) is 1.76. The summed E-state index contributed by atoms with van der Waals surface area (Å²) in [5.41, 5.74) is 5.43. The third-order valence-electron chi connectivity index (χ3n) is 2.83. The van der Waals surface area contributed by atoms with Crippen LogP contribution in [0.4, 0.5) is 10.1 Å². The van der Waals surface area contributed by atoms with Crippen LogP contribution in [0.1, 0.15) is 10.4 Å². The quantitative estimate of drug-likeness (QED) is 0.875. The second-order valence-corrected chi connectivity index (χ2v) is 6.03. The fraction of sp³-hybridized carbons (Fsp3) is 0.0714. The van der Waals surface area contributed by atoms with Crippen LogP contribution in [0.5, 0.6) is 5.75 Å². The van der Waals surface area contributed by atoms with Gasteiger partial charge in [-0.1, -0.05) is 6.07 Å². The minimum Gasteiger partial charge on any atom is -0.494 e. The lowest BCUT2D eigenvalue weighted by atomic mass is 10.2. The van der Waals surface area contributed by atoms with E-state index in [1.54, 1.807) is 0 Å². The molecule has 0 spiro atoms. The minimum absolute atomic E-state index is 0.0605. The van der Waals surface area contributed by atoms with Gasteiger partial charge in [0.25, 0.3) is 10.0 Å². The number of rotatable bonds is 5. The van der Waals surface area contributed by atoms with Crippen molar-refractivity contribution in [1.29, 1.82) is 0 Å². The number of hydrogen-bond donors (Lipinski definition) is 2. The lowest BCUT2D eigenvalue weighted by Gasteiger charge is -2.10. The summed E-state index contributed by atoms with van der Waals surface area (Å²) in [6.07, 6.45) is 0. The molecular weight excluding hydrogens is 311 g/mol. The molecule has 2 rings (SSSR count). The van der Waals surface area contributed by atoms with Gasteiger partial charge in [-0.05, 0) is 36.4 Å². The van der Waals surface area contributed by atoms with E-state index >= 15 is 0 Å². The molecule has 0 heterocycles.